The predicted molar refractivity (Wildman–Crippen MR) is 67.1 cm³/mol. The molecule has 16 heavy (non-hydrogen) atoms. The predicted octanol–water partition coefficient (Wildman–Crippen LogP) is 2.58. The average Bonchev–Trinajstić information content (AvgIpc) is 2.32. The molecule has 0 radical (unpaired) electrons. The Balaban J connectivity index is 2.35. The lowest BCUT2D eigenvalue weighted by molar-refractivity contribution is 0.384. The van der Waals surface area contributed by atoms with Gasteiger partial charge in [-0.25, -0.2) is 0 Å². The highest BCUT2D eigenvalue weighted by molar-refractivity contribution is 5.40. The summed E-state index contributed by atoms with van der Waals surface area (Å²) in [5, 5.41) is 3.31. The minimum absolute atomic E-state index is 0.629. The lowest BCUT2D eigenvalue weighted by Crippen LogP contribution is -2.27. The number of nitrogens with one attached hydrogen (secondary N) is 1. The van der Waals surface area contributed by atoms with Gasteiger partial charge in [0.2, 0.25) is 0 Å². The Morgan fingerprint density at radius 1 is 1.44 bits per heavy atom. The SMILES string of the molecule is CNCC1c2cc(OC)ccc2CCC1C. The number of rotatable bonds is 3. The molecule has 2 atom stereocenters. The summed E-state index contributed by atoms with van der Waals surface area (Å²) in [6.07, 6.45) is 2.51. The van der Waals surface area contributed by atoms with E-state index in [4.69, 9.17) is 4.74 Å². The minimum Gasteiger partial charge on any atom is -0.497 e. The summed E-state index contributed by atoms with van der Waals surface area (Å²) >= 11 is 0. The van der Waals surface area contributed by atoms with Crippen LogP contribution in [0.2, 0.25) is 0 Å². The average molecular weight is 219 g/mol. The molecule has 1 aromatic carbocycles. The number of hydrogen-bond acceptors (Lipinski definition) is 2. The highest BCUT2D eigenvalue weighted by Crippen LogP contribution is 2.37. The quantitative estimate of drug-likeness (QED) is 0.843. The number of ether oxygens (including phenoxy) is 1. The smallest absolute Gasteiger partial charge is 0.119 e. The maximum atomic E-state index is 5.32. The third-order valence-electron chi connectivity index (χ3n) is 3.73. The van der Waals surface area contributed by atoms with E-state index in [0.29, 0.717) is 5.92 Å². The Bertz CT molecular complexity index is 362. The van der Waals surface area contributed by atoms with E-state index in [9.17, 15) is 0 Å². The first-order chi connectivity index (χ1) is 7.76. The molecule has 1 aromatic rings. The van der Waals surface area contributed by atoms with Gasteiger partial charge in [-0.2, -0.15) is 0 Å². The Kier molecular flexibility index (Phi) is 3.49. The Hall–Kier alpha value is -1.02. The van der Waals surface area contributed by atoms with Crippen LogP contribution in [0.4, 0.5) is 0 Å². The summed E-state index contributed by atoms with van der Waals surface area (Å²) in [5.74, 6) is 2.37. The number of aryl methyl sites for hydroxylation is 1. The van der Waals surface area contributed by atoms with Crippen LogP contribution in [0.25, 0.3) is 0 Å². The normalized spacial score (nSPS) is 23.9. The van der Waals surface area contributed by atoms with Crippen molar-refractivity contribution in [1.82, 2.24) is 5.32 Å². The van der Waals surface area contributed by atoms with Gasteiger partial charge in [-0.1, -0.05) is 13.0 Å². The molecule has 0 amide bonds. The molecule has 0 saturated heterocycles. The van der Waals surface area contributed by atoms with Gasteiger partial charge in [0, 0.05) is 6.54 Å². The molecule has 1 N–H and O–H groups in total. The summed E-state index contributed by atoms with van der Waals surface area (Å²) < 4.78 is 5.32. The summed E-state index contributed by atoms with van der Waals surface area (Å²) in [6, 6.07) is 6.51. The van der Waals surface area contributed by atoms with Crippen molar-refractivity contribution in [2.24, 2.45) is 5.92 Å². The molecule has 1 aliphatic rings. The van der Waals surface area contributed by atoms with Crippen LogP contribution in [0.15, 0.2) is 18.2 Å². The van der Waals surface area contributed by atoms with E-state index < -0.39 is 0 Å². The molecule has 0 aromatic heterocycles. The monoisotopic (exact) mass is 219 g/mol. The lowest BCUT2D eigenvalue weighted by Gasteiger charge is -2.31. The number of hydrogen-bond donors (Lipinski definition) is 1. The van der Waals surface area contributed by atoms with Crippen molar-refractivity contribution in [1.29, 1.82) is 0 Å². The first kappa shape index (κ1) is 11.5. The van der Waals surface area contributed by atoms with Crippen LogP contribution in [0.5, 0.6) is 5.75 Å². The largest absolute Gasteiger partial charge is 0.497 e. The summed E-state index contributed by atoms with van der Waals surface area (Å²) in [5.41, 5.74) is 2.98. The van der Waals surface area contributed by atoms with E-state index in [1.165, 1.54) is 24.0 Å². The lowest BCUT2D eigenvalue weighted by atomic mass is 9.76. The van der Waals surface area contributed by atoms with Gasteiger partial charge in [-0.3, -0.25) is 0 Å². The van der Waals surface area contributed by atoms with Crippen molar-refractivity contribution >= 4 is 0 Å². The molecule has 88 valence electrons. The number of likely N-dealkylation sites (N-methyl/N-ethyl adjacent to an activating group) is 1. The van der Waals surface area contributed by atoms with Gasteiger partial charge in [0.1, 0.15) is 5.75 Å². The number of benzene rings is 1. The molecule has 2 nitrogen and oxygen atoms in total. The highest BCUT2D eigenvalue weighted by atomic mass is 16.5. The van der Waals surface area contributed by atoms with Gasteiger partial charge in [0.15, 0.2) is 0 Å². The van der Waals surface area contributed by atoms with E-state index in [1.54, 1.807) is 7.11 Å². The van der Waals surface area contributed by atoms with Gasteiger partial charge in [0.25, 0.3) is 0 Å². The third-order valence-corrected chi connectivity index (χ3v) is 3.73. The zero-order chi connectivity index (χ0) is 11.5. The number of methoxy groups -OCH3 is 1. The molecule has 2 unspecified atom stereocenters. The van der Waals surface area contributed by atoms with Gasteiger partial charge in [-0.05, 0) is 55.0 Å². The molecular weight excluding hydrogens is 198 g/mol. The standard InChI is InChI=1S/C14H21NO/c1-10-4-5-11-6-7-12(16-3)8-13(11)14(10)9-15-2/h6-8,10,14-15H,4-5,9H2,1-3H3. The Morgan fingerprint density at radius 3 is 2.94 bits per heavy atom. The summed E-state index contributed by atoms with van der Waals surface area (Å²) in [6.45, 7) is 3.41. The molecular formula is C14H21NO. The fourth-order valence-electron chi connectivity index (χ4n) is 2.69. The van der Waals surface area contributed by atoms with Crippen LogP contribution in [-0.4, -0.2) is 20.7 Å². The molecule has 0 fully saturated rings. The van der Waals surface area contributed by atoms with Gasteiger partial charge >= 0.3 is 0 Å². The second-order valence-electron chi connectivity index (χ2n) is 4.74. The molecule has 1 aliphatic carbocycles. The van der Waals surface area contributed by atoms with Crippen molar-refractivity contribution in [2.45, 2.75) is 25.7 Å². The molecule has 0 bridgehead atoms. The second kappa shape index (κ2) is 4.88. The van der Waals surface area contributed by atoms with Crippen molar-refractivity contribution in [2.75, 3.05) is 20.7 Å². The maximum Gasteiger partial charge on any atom is 0.119 e. The molecule has 0 heterocycles. The fraction of sp³-hybridized carbons (Fsp3) is 0.571. The van der Waals surface area contributed by atoms with Gasteiger partial charge < -0.3 is 10.1 Å². The third kappa shape index (κ3) is 2.07. The Labute approximate surface area is 98.0 Å². The zero-order valence-electron chi connectivity index (χ0n) is 10.4. The molecule has 2 heteroatoms. The van der Waals surface area contributed by atoms with Crippen LogP contribution in [0, 0.1) is 5.92 Å². The van der Waals surface area contributed by atoms with E-state index in [-0.39, 0.29) is 0 Å². The summed E-state index contributed by atoms with van der Waals surface area (Å²) in [4.78, 5) is 0. The fourth-order valence-corrected chi connectivity index (χ4v) is 2.69. The molecule has 0 spiro atoms. The first-order valence-electron chi connectivity index (χ1n) is 6.07. The first-order valence-corrected chi connectivity index (χ1v) is 6.07. The van der Waals surface area contributed by atoms with Gasteiger partial charge in [0.05, 0.1) is 7.11 Å². The van der Waals surface area contributed by atoms with E-state index in [2.05, 4.69) is 30.4 Å². The van der Waals surface area contributed by atoms with E-state index >= 15 is 0 Å². The topological polar surface area (TPSA) is 21.3 Å². The molecule has 0 aliphatic heterocycles. The van der Waals surface area contributed by atoms with Crippen LogP contribution in [-0.2, 0) is 6.42 Å². The number of fused-ring (bicyclic) bond motifs is 1. The van der Waals surface area contributed by atoms with Crippen molar-refractivity contribution in [3.05, 3.63) is 29.3 Å². The zero-order valence-corrected chi connectivity index (χ0v) is 10.4. The van der Waals surface area contributed by atoms with Crippen LogP contribution in [0.1, 0.15) is 30.4 Å². The Morgan fingerprint density at radius 2 is 2.25 bits per heavy atom. The van der Waals surface area contributed by atoms with Crippen molar-refractivity contribution < 1.29 is 4.74 Å². The van der Waals surface area contributed by atoms with Gasteiger partial charge in [-0.15, -0.1) is 0 Å². The summed E-state index contributed by atoms with van der Waals surface area (Å²) in [7, 11) is 3.77. The van der Waals surface area contributed by atoms with Crippen LogP contribution in [0.3, 0.4) is 0 Å². The molecule has 2 rings (SSSR count). The second-order valence-corrected chi connectivity index (χ2v) is 4.74. The minimum atomic E-state index is 0.629. The van der Waals surface area contributed by atoms with Crippen molar-refractivity contribution in [3.63, 3.8) is 0 Å². The highest BCUT2D eigenvalue weighted by Gasteiger charge is 2.26. The van der Waals surface area contributed by atoms with E-state index in [0.717, 1.165) is 18.2 Å². The maximum absolute atomic E-state index is 5.32. The van der Waals surface area contributed by atoms with Crippen molar-refractivity contribution in [3.8, 4) is 5.75 Å². The van der Waals surface area contributed by atoms with E-state index in [1.807, 2.05) is 7.05 Å². The van der Waals surface area contributed by atoms with Crippen LogP contribution < -0.4 is 10.1 Å². The molecule has 0 saturated carbocycles. The van der Waals surface area contributed by atoms with Crippen LogP contribution >= 0.6 is 0 Å².